The molecule has 26 heavy (non-hydrogen) atoms. The minimum Gasteiger partial charge on any atom is -0.479 e. The molecule has 0 atom stereocenters. The lowest BCUT2D eigenvalue weighted by Crippen LogP contribution is -2.51. The van der Waals surface area contributed by atoms with E-state index >= 15 is 0 Å². The molecule has 7 nitrogen and oxygen atoms in total. The fourth-order valence-electron chi connectivity index (χ4n) is 2.45. The number of amides is 1. The lowest BCUT2D eigenvalue weighted by molar-refractivity contribution is -0.182. The van der Waals surface area contributed by atoms with Gasteiger partial charge < -0.3 is 20.3 Å². The number of rotatable bonds is 8. The van der Waals surface area contributed by atoms with Gasteiger partial charge in [-0.3, -0.25) is 4.79 Å². The molecule has 0 aliphatic carbocycles. The summed E-state index contributed by atoms with van der Waals surface area (Å²) in [5, 5.41) is 21.4. The summed E-state index contributed by atoms with van der Waals surface area (Å²) in [6, 6.07) is 14.9. The molecule has 0 unspecified atom stereocenters. The Morgan fingerprint density at radius 2 is 1.54 bits per heavy atom. The van der Waals surface area contributed by atoms with Crippen LogP contribution < -0.4 is 5.32 Å². The third-order valence-corrected chi connectivity index (χ3v) is 3.78. The smallest absolute Gasteiger partial charge is 0.348 e. The topological polar surface area (TPSA) is 113 Å². The number of anilines is 1. The van der Waals surface area contributed by atoms with E-state index in [-0.39, 0.29) is 18.9 Å². The first kappa shape index (κ1) is 19.1. The molecule has 2 rings (SSSR count). The molecule has 0 fully saturated rings. The minimum atomic E-state index is -2.34. The van der Waals surface area contributed by atoms with Gasteiger partial charge in [0.05, 0.1) is 0 Å². The summed E-state index contributed by atoms with van der Waals surface area (Å²) >= 11 is 0. The Bertz CT molecular complexity index is 771. The predicted octanol–water partition coefficient (Wildman–Crippen LogP) is 2.43. The number of carboxylic acid groups (broad SMARTS) is 2. The Kier molecular flexibility index (Phi) is 6.08. The SMILES string of the molecule is CCOC(Cc1ccc(NC(=O)c2ccccc2)cc1)(C(=O)O)C(=O)O. The number of benzene rings is 2. The van der Waals surface area contributed by atoms with Crippen LogP contribution in [0.1, 0.15) is 22.8 Å². The lowest BCUT2D eigenvalue weighted by Gasteiger charge is -2.24. The van der Waals surface area contributed by atoms with Crippen molar-refractivity contribution in [1.29, 1.82) is 0 Å². The maximum atomic E-state index is 12.1. The average Bonchev–Trinajstić information content (AvgIpc) is 2.63. The number of carboxylic acids is 2. The summed E-state index contributed by atoms with van der Waals surface area (Å²) in [5.74, 6) is -3.40. The van der Waals surface area contributed by atoms with Crippen LogP contribution in [0.25, 0.3) is 0 Å². The fourth-order valence-corrected chi connectivity index (χ4v) is 2.45. The number of carbonyl (C=O) groups excluding carboxylic acids is 1. The highest BCUT2D eigenvalue weighted by molar-refractivity contribution is 6.04. The van der Waals surface area contributed by atoms with E-state index in [1.54, 1.807) is 54.6 Å². The van der Waals surface area contributed by atoms with Gasteiger partial charge in [0.2, 0.25) is 0 Å². The summed E-state index contributed by atoms with van der Waals surface area (Å²) in [6.45, 7) is 1.48. The third kappa shape index (κ3) is 4.25. The quantitative estimate of drug-likeness (QED) is 0.626. The average molecular weight is 357 g/mol. The zero-order valence-electron chi connectivity index (χ0n) is 14.1. The Morgan fingerprint density at radius 1 is 0.962 bits per heavy atom. The van der Waals surface area contributed by atoms with Crippen molar-refractivity contribution >= 4 is 23.5 Å². The van der Waals surface area contributed by atoms with E-state index in [1.807, 2.05) is 0 Å². The van der Waals surface area contributed by atoms with Crippen LogP contribution in [0, 0.1) is 0 Å². The zero-order chi connectivity index (χ0) is 19.2. The fraction of sp³-hybridized carbons (Fsp3) is 0.211. The van der Waals surface area contributed by atoms with Gasteiger partial charge in [-0.2, -0.15) is 0 Å². The highest BCUT2D eigenvalue weighted by Crippen LogP contribution is 2.21. The molecule has 0 radical (unpaired) electrons. The van der Waals surface area contributed by atoms with Crippen LogP contribution in [-0.2, 0) is 20.7 Å². The Labute approximate surface area is 150 Å². The molecule has 0 saturated heterocycles. The summed E-state index contributed by atoms with van der Waals surface area (Å²) < 4.78 is 5.04. The zero-order valence-corrected chi connectivity index (χ0v) is 14.1. The van der Waals surface area contributed by atoms with E-state index in [9.17, 15) is 24.6 Å². The normalized spacial score (nSPS) is 11.0. The Balaban J connectivity index is 2.14. The van der Waals surface area contributed by atoms with E-state index in [0.717, 1.165) is 0 Å². The van der Waals surface area contributed by atoms with Gasteiger partial charge in [0.1, 0.15) is 0 Å². The number of aliphatic carboxylic acids is 2. The first-order valence-electron chi connectivity index (χ1n) is 7.95. The highest BCUT2D eigenvalue weighted by Gasteiger charge is 2.48. The van der Waals surface area contributed by atoms with Crippen LogP contribution in [-0.4, -0.2) is 40.3 Å². The summed E-state index contributed by atoms with van der Waals surface area (Å²) in [6.07, 6.45) is -0.335. The number of nitrogens with one attached hydrogen (secondary N) is 1. The molecule has 1 amide bonds. The molecular weight excluding hydrogens is 338 g/mol. The molecule has 0 aliphatic rings. The molecule has 0 aromatic heterocycles. The second kappa shape index (κ2) is 8.26. The monoisotopic (exact) mass is 357 g/mol. The minimum absolute atomic E-state index is 0.0518. The van der Waals surface area contributed by atoms with Crippen molar-refractivity contribution in [1.82, 2.24) is 0 Å². The van der Waals surface area contributed by atoms with Crippen molar-refractivity contribution in [3.05, 3.63) is 65.7 Å². The van der Waals surface area contributed by atoms with Gasteiger partial charge in [-0.05, 0) is 36.8 Å². The summed E-state index contributed by atoms with van der Waals surface area (Å²) in [5.41, 5.74) is -0.872. The van der Waals surface area contributed by atoms with Crippen molar-refractivity contribution < 1.29 is 29.3 Å². The predicted molar refractivity (Wildman–Crippen MR) is 94.2 cm³/mol. The van der Waals surface area contributed by atoms with Crippen molar-refractivity contribution in [2.75, 3.05) is 11.9 Å². The molecule has 0 saturated carbocycles. The molecular formula is C19H19NO6. The Morgan fingerprint density at radius 3 is 2.04 bits per heavy atom. The second-order valence-corrected chi connectivity index (χ2v) is 5.56. The molecule has 0 aliphatic heterocycles. The van der Waals surface area contributed by atoms with Crippen LogP contribution in [0.3, 0.4) is 0 Å². The Hall–Kier alpha value is -3.19. The third-order valence-electron chi connectivity index (χ3n) is 3.78. The number of hydrogen-bond donors (Lipinski definition) is 3. The summed E-state index contributed by atoms with van der Waals surface area (Å²) in [4.78, 5) is 35.0. The van der Waals surface area contributed by atoms with Gasteiger partial charge in [0.15, 0.2) is 0 Å². The van der Waals surface area contributed by atoms with Crippen LogP contribution >= 0.6 is 0 Å². The van der Waals surface area contributed by atoms with E-state index in [2.05, 4.69) is 5.32 Å². The first-order valence-corrected chi connectivity index (χ1v) is 7.95. The maximum absolute atomic E-state index is 12.1. The molecule has 0 bridgehead atoms. The largest absolute Gasteiger partial charge is 0.479 e. The van der Waals surface area contributed by atoms with E-state index in [0.29, 0.717) is 16.8 Å². The summed E-state index contributed by atoms with van der Waals surface area (Å²) in [7, 11) is 0. The van der Waals surface area contributed by atoms with E-state index < -0.39 is 17.5 Å². The van der Waals surface area contributed by atoms with Crippen molar-refractivity contribution in [2.24, 2.45) is 0 Å². The standard InChI is InChI=1S/C19H19NO6/c1-2-26-19(17(22)23,18(24)25)12-13-8-10-15(11-9-13)20-16(21)14-6-4-3-5-7-14/h3-11H,2,12H2,1H3,(H,20,21)(H,22,23)(H,24,25). The molecule has 2 aromatic rings. The van der Waals surface area contributed by atoms with Crippen molar-refractivity contribution in [2.45, 2.75) is 18.9 Å². The van der Waals surface area contributed by atoms with Crippen LogP contribution in [0.4, 0.5) is 5.69 Å². The van der Waals surface area contributed by atoms with Gasteiger partial charge >= 0.3 is 11.9 Å². The van der Waals surface area contributed by atoms with Gasteiger partial charge in [-0.25, -0.2) is 9.59 Å². The molecule has 7 heteroatoms. The number of ether oxygens (including phenoxy) is 1. The molecule has 0 spiro atoms. The van der Waals surface area contributed by atoms with E-state index in [4.69, 9.17) is 4.74 Å². The molecule has 0 heterocycles. The number of carbonyl (C=O) groups is 3. The van der Waals surface area contributed by atoms with Gasteiger partial charge in [-0.1, -0.05) is 30.3 Å². The van der Waals surface area contributed by atoms with Crippen LogP contribution in [0.5, 0.6) is 0 Å². The number of hydrogen-bond acceptors (Lipinski definition) is 4. The van der Waals surface area contributed by atoms with Gasteiger partial charge in [-0.15, -0.1) is 0 Å². The van der Waals surface area contributed by atoms with E-state index in [1.165, 1.54) is 6.92 Å². The second-order valence-electron chi connectivity index (χ2n) is 5.56. The molecule has 2 aromatic carbocycles. The molecule has 3 N–H and O–H groups in total. The maximum Gasteiger partial charge on any atom is 0.348 e. The van der Waals surface area contributed by atoms with Crippen molar-refractivity contribution in [3.8, 4) is 0 Å². The van der Waals surface area contributed by atoms with Gasteiger partial charge in [0.25, 0.3) is 11.5 Å². The lowest BCUT2D eigenvalue weighted by atomic mass is 9.94. The highest BCUT2D eigenvalue weighted by atomic mass is 16.5. The van der Waals surface area contributed by atoms with Gasteiger partial charge in [0, 0.05) is 24.3 Å². The van der Waals surface area contributed by atoms with Crippen LogP contribution in [0.2, 0.25) is 0 Å². The first-order chi connectivity index (χ1) is 12.4. The van der Waals surface area contributed by atoms with Crippen LogP contribution in [0.15, 0.2) is 54.6 Å². The van der Waals surface area contributed by atoms with Crippen molar-refractivity contribution in [3.63, 3.8) is 0 Å². The molecule has 136 valence electrons.